The summed E-state index contributed by atoms with van der Waals surface area (Å²) in [7, 11) is 0. The average molecular weight is 313 g/mol. The van der Waals surface area contributed by atoms with Gasteiger partial charge in [0.1, 0.15) is 5.52 Å². The lowest BCUT2D eigenvalue weighted by Gasteiger charge is -2.30. The Morgan fingerprint density at radius 1 is 1.14 bits per heavy atom. The third kappa shape index (κ3) is 2.05. The van der Waals surface area contributed by atoms with Crippen molar-refractivity contribution in [3.63, 3.8) is 0 Å². The fraction of sp³-hybridized carbons (Fsp3) is 0.188. The molecule has 3 heterocycles. The van der Waals surface area contributed by atoms with Crippen LogP contribution in [0.15, 0.2) is 42.6 Å². The first-order chi connectivity index (χ1) is 10.7. The Kier molecular flexibility index (Phi) is 3.08. The summed E-state index contributed by atoms with van der Waals surface area (Å²) in [5.41, 5.74) is 2.21. The van der Waals surface area contributed by atoms with E-state index < -0.39 is 0 Å². The molecular formula is C16H13ClN4O. The fourth-order valence-corrected chi connectivity index (χ4v) is 2.68. The summed E-state index contributed by atoms with van der Waals surface area (Å²) in [5, 5.41) is 0.650. The Bertz CT molecular complexity index is 852. The van der Waals surface area contributed by atoms with Gasteiger partial charge >= 0.3 is 0 Å². The number of carbonyl (C=O) groups excluding carboxylic acids is 1. The van der Waals surface area contributed by atoms with E-state index in [0.29, 0.717) is 22.0 Å². The highest BCUT2D eigenvalue weighted by molar-refractivity contribution is 6.30. The first kappa shape index (κ1) is 13.3. The normalized spacial score (nSPS) is 14.1. The van der Waals surface area contributed by atoms with E-state index in [4.69, 9.17) is 11.6 Å². The number of rotatable bonds is 2. The van der Waals surface area contributed by atoms with Gasteiger partial charge in [0.15, 0.2) is 5.65 Å². The largest absolute Gasteiger partial charge is 0.336 e. The number of hydrogen-bond donors (Lipinski definition) is 0. The van der Waals surface area contributed by atoms with E-state index in [1.54, 1.807) is 27.8 Å². The second-order valence-electron chi connectivity index (χ2n) is 5.24. The zero-order valence-electron chi connectivity index (χ0n) is 11.7. The van der Waals surface area contributed by atoms with Gasteiger partial charge in [0.25, 0.3) is 5.91 Å². The number of pyridine rings is 1. The van der Waals surface area contributed by atoms with Crippen molar-refractivity contribution >= 4 is 28.7 Å². The molecule has 0 aliphatic carbocycles. The maximum absolute atomic E-state index is 12.6. The third-order valence-electron chi connectivity index (χ3n) is 3.84. The summed E-state index contributed by atoms with van der Waals surface area (Å²) in [5.74, 6) is 0.343. The van der Waals surface area contributed by atoms with Crippen LogP contribution in [-0.2, 0) is 0 Å². The van der Waals surface area contributed by atoms with Gasteiger partial charge in [-0.1, -0.05) is 11.6 Å². The van der Waals surface area contributed by atoms with Crippen LogP contribution >= 0.6 is 11.6 Å². The second kappa shape index (κ2) is 5.10. The predicted molar refractivity (Wildman–Crippen MR) is 84.4 cm³/mol. The molecule has 0 spiro atoms. The third-order valence-corrected chi connectivity index (χ3v) is 4.09. The molecule has 22 heavy (non-hydrogen) atoms. The number of amides is 1. The minimum Gasteiger partial charge on any atom is -0.336 e. The van der Waals surface area contributed by atoms with Crippen LogP contribution in [0.5, 0.6) is 0 Å². The SMILES string of the molecule is O=C(c1nc2cccnc2n1-c1ccc(Cl)cc1)N1CCC1. The molecule has 0 atom stereocenters. The van der Waals surface area contributed by atoms with Crippen molar-refractivity contribution in [2.24, 2.45) is 0 Å². The molecule has 1 aliphatic rings. The molecule has 1 saturated heterocycles. The molecule has 110 valence electrons. The van der Waals surface area contributed by atoms with Crippen molar-refractivity contribution in [1.29, 1.82) is 0 Å². The van der Waals surface area contributed by atoms with Crippen LogP contribution in [0.25, 0.3) is 16.9 Å². The Morgan fingerprint density at radius 3 is 2.59 bits per heavy atom. The Balaban J connectivity index is 1.93. The van der Waals surface area contributed by atoms with Crippen LogP contribution in [0.2, 0.25) is 5.02 Å². The van der Waals surface area contributed by atoms with Crippen LogP contribution in [-0.4, -0.2) is 38.4 Å². The molecule has 1 fully saturated rings. The quantitative estimate of drug-likeness (QED) is 0.731. The van der Waals surface area contributed by atoms with E-state index in [1.165, 1.54) is 0 Å². The number of likely N-dealkylation sites (tertiary alicyclic amines) is 1. The van der Waals surface area contributed by atoms with Crippen molar-refractivity contribution in [2.75, 3.05) is 13.1 Å². The number of imidazole rings is 1. The first-order valence-corrected chi connectivity index (χ1v) is 7.50. The molecule has 0 saturated carbocycles. The van der Waals surface area contributed by atoms with Crippen molar-refractivity contribution in [3.05, 3.63) is 53.4 Å². The van der Waals surface area contributed by atoms with E-state index in [0.717, 1.165) is 25.2 Å². The minimum absolute atomic E-state index is 0.0563. The topological polar surface area (TPSA) is 51.0 Å². The highest BCUT2D eigenvalue weighted by atomic mass is 35.5. The van der Waals surface area contributed by atoms with Crippen molar-refractivity contribution < 1.29 is 4.79 Å². The van der Waals surface area contributed by atoms with Gasteiger partial charge in [-0.3, -0.25) is 9.36 Å². The lowest BCUT2D eigenvalue weighted by molar-refractivity contribution is 0.0637. The number of fused-ring (bicyclic) bond motifs is 1. The molecule has 5 nitrogen and oxygen atoms in total. The van der Waals surface area contributed by atoms with E-state index in [2.05, 4.69) is 9.97 Å². The van der Waals surface area contributed by atoms with Gasteiger partial charge in [0, 0.05) is 30.0 Å². The van der Waals surface area contributed by atoms with Gasteiger partial charge in [-0.15, -0.1) is 0 Å². The summed E-state index contributed by atoms with van der Waals surface area (Å²) in [6.45, 7) is 1.58. The van der Waals surface area contributed by atoms with E-state index in [9.17, 15) is 4.79 Å². The highest BCUT2D eigenvalue weighted by Crippen LogP contribution is 2.23. The van der Waals surface area contributed by atoms with Crippen LogP contribution in [0, 0.1) is 0 Å². The van der Waals surface area contributed by atoms with Crippen LogP contribution in [0.1, 0.15) is 17.0 Å². The molecule has 1 aliphatic heterocycles. The predicted octanol–water partition coefficient (Wildman–Crippen LogP) is 2.92. The Morgan fingerprint density at radius 2 is 1.91 bits per heavy atom. The lowest BCUT2D eigenvalue weighted by atomic mass is 10.2. The zero-order chi connectivity index (χ0) is 15.1. The number of hydrogen-bond acceptors (Lipinski definition) is 3. The standard InChI is InChI=1S/C16H13ClN4O/c17-11-4-6-12(7-5-11)21-14-13(3-1-8-18-14)19-15(21)16(22)20-9-2-10-20/h1,3-8H,2,9-10H2. The first-order valence-electron chi connectivity index (χ1n) is 7.13. The molecule has 1 amide bonds. The number of nitrogens with zero attached hydrogens (tertiary/aromatic N) is 4. The van der Waals surface area contributed by atoms with Crippen molar-refractivity contribution in [2.45, 2.75) is 6.42 Å². The van der Waals surface area contributed by atoms with Gasteiger partial charge in [-0.25, -0.2) is 9.97 Å². The molecule has 2 aromatic heterocycles. The summed E-state index contributed by atoms with van der Waals surface area (Å²) in [6.07, 6.45) is 2.75. The Hall–Kier alpha value is -2.40. The van der Waals surface area contributed by atoms with E-state index >= 15 is 0 Å². The molecule has 3 aromatic rings. The minimum atomic E-state index is -0.0563. The number of halogens is 1. The molecule has 1 aromatic carbocycles. The maximum Gasteiger partial charge on any atom is 0.290 e. The van der Waals surface area contributed by atoms with Gasteiger partial charge in [-0.05, 0) is 42.8 Å². The van der Waals surface area contributed by atoms with E-state index in [-0.39, 0.29) is 5.91 Å². The molecule has 4 rings (SSSR count). The average Bonchev–Trinajstić information content (AvgIpc) is 2.86. The monoisotopic (exact) mass is 312 g/mol. The molecule has 0 N–H and O–H groups in total. The fourth-order valence-electron chi connectivity index (χ4n) is 2.55. The molecule has 6 heteroatoms. The van der Waals surface area contributed by atoms with Crippen LogP contribution in [0.4, 0.5) is 0 Å². The molecule has 0 bridgehead atoms. The van der Waals surface area contributed by atoms with Crippen molar-refractivity contribution in [3.8, 4) is 5.69 Å². The van der Waals surface area contributed by atoms with Crippen molar-refractivity contribution in [1.82, 2.24) is 19.4 Å². The van der Waals surface area contributed by atoms with Gasteiger partial charge < -0.3 is 4.90 Å². The molecule has 0 unspecified atom stereocenters. The van der Waals surface area contributed by atoms with Crippen LogP contribution in [0.3, 0.4) is 0 Å². The number of aromatic nitrogens is 3. The molecule has 0 radical (unpaired) electrons. The summed E-state index contributed by atoms with van der Waals surface area (Å²) >= 11 is 5.96. The van der Waals surface area contributed by atoms with Crippen LogP contribution < -0.4 is 0 Å². The highest BCUT2D eigenvalue weighted by Gasteiger charge is 2.27. The Labute approximate surface area is 132 Å². The van der Waals surface area contributed by atoms with E-state index in [1.807, 2.05) is 24.3 Å². The number of benzene rings is 1. The zero-order valence-corrected chi connectivity index (χ0v) is 12.5. The van der Waals surface area contributed by atoms with Gasteiger partial charge in [-0.2, -0.15) is 0 Å². The number of carbonyl (C=O) groups is 1. The maximum atomic E-state index is 12.6. The van der Waals surface area contributed by atoms with Gasteiger partial charge in [0.05, 0.1) is 0 Å². The smallest absolute Gasteiger partial charge is 0.290 e. The summed E-state index contributed by atoms with van der Waals surface area (Å²) in [6, 6.07) is 11.0. The van der Waals surface area contributed by atoms with Gasteiger partial charge in [0.2, 0.25) is 5.82 Å². The summed E-state index contributed by atoms with van der Waals surface area (Å²) < 4.78 is 1.80. The second-order valence-corrected chi connectivity index (χ2v) is 5.68. The molecular weight excluding hydrogens is 300 g/mol. The summed E-state index contributed by atoms with van der Waals surface area (Å²) in [4.78, 5) is 23.3. The lowest BCUT2D eigenvalue weighted by Crippen LogP contribution is -2.43.